The number of carboxylic acid groups (broad SMARTS) is 1. The van der Waals surface area contributed by atoms with Gasteiger partial charge in [-0.25, -0.2) is 9.78 Å². The van der Waals surface area contributed by atoms with Crippen LogP contribution in [0.1, 0.15) is 29.2 Å². The van der Waals surface area contributed by atoms with Crippen molar-refractivity contribution in [1.29, 1.82) is 0 Å². The minimum absolute atomic E-state index is 0.164. The summed E-state index contributed by atoms with van der Waals surface area (Å²) in [4.78, 5) is 17.5. The molecule has 0 amide bonds. The summed E-state index contributed by atoms with van der Waals surface area (Å²) in [6.45, 7) is 5.85. The van der Waals surface area contributed by atoms with Gasteiger partial charge in [-0.15, -0.1) is 11.3 Å². The molecule has 0 aliphatic rings. The second-order valence-corrected chi connectivity index (χ2v) is 4.59. The van der Waals surface area contributed by atoms with Gasteiger partial charge in [-0.1, -0.05) is 0 Å². The van der Waals surface area contributed by atoms with Crippen molar-refractivity contribution in [3.05, 3.63) is 10.6 Å². The van der Waals surface area contributed by atoms with Gasteiger partial charge in [0.05, 0.1) is 0 Å². The smallest absolute Gasteiger partial charge is 0.355 e. The predicted molar refractivity (Wildman–Crippen MR) is 57.3 cm³/mol. The molecule has 0 atom stereocenters. The summed E-state index contributed by atoms with van der Waals surface area (Å²) < 4.78 is 0. The van der Waals surface area contributed by atoms with E-state index in [0.29, 0.717) is 6.04 Å². The third-order valence-electron chi connectivity index (χ3n) is 2.06. The zero-order valence-corrected chi connectivity index (χ0v) is 9.55. The molecule has 0 saturated carbocycles. The molecule has 0 aliphatic heterocycles. The van der Waals surface area contributed by atoms with Crippen molar-refractivity contribution >= 4 is 22.4 Å². The van der Waals surface area contributed by atoms with Crippen LogP contribution in [0.25, 0.3) is 0 Å². The standard InChI is InChI=1S/C9H14N2O2S/c1-5(2)11(4)9-10-7(8(12)13)6(3)14-9/h5H,1-4H3,(H,12,13). The molecule has 0 saturated heterocycles. The molecule has 14 heavy (non-hydrogen) atoms. The molecule has 0 bridgehead atoms. The number of rotatable bonds is 3. The SMILES string of the molecule is Cc1sc(N(C)C(C)C)nc1C(=O)O. The van der Waals surface area contributed by atoms with Crippen LogP contribution >= 0.6 is 11.3 Å². The summed E-state index contributed by atoms with van der Waals surface area (Å²) in [5.74, 6) is -0.956. The molecule has 1 N–H and O–H groups in total. The highest BCUT2D eigenvalue weighted by atomic mass is 32.1. The van der Waals surface area contributed by atoms with Crippen molar-refractivity contribution in [3.8, 4) is 0 Å². The molecule has 78 valence electrons. The van der Waals surface area contributed by atoms with Crippen LogP contribution < -0.4 is 4.90 Å². The highest BCUT2D eigenvalue weighted by Crippen LogP contribution is 2.25. The van der Waals surface area contributed by atoms with Gasteiger partial charge < -0.3 is 10.0 Å². The number of hydrogen-bond donors (Lipinski definition) is 1. The molecule has 0 fully saturated rings. The van der Waals surface area contributed by atoms with Gasteiger partial charge in [0.25, 0.3) is 0 Å². The summed E-state index contributed by atoms with van der Waals surface area (Å²) in [5, 5.41) is 9.58. The van der Waals surface area contributed by atoms with Gasteiger partial charge >= 0.3 is 5.97 Å². The quantitative estimate of drug-likeness (QED) is 0.836. The van der Waals surface area contributed by atoms with E-state index in [4.69, 9.17) is 5.11 Å². The minimum Gasteiger partial charge on any atom is -0.476 e. The molecule has 5 heteroatoms. The first-order chi connectivity index (χ1) is 6.43. The van der Waals surface area contributed by atoms with E-state index in [-0.39, 0.29) is 5.69 Å². The van der Waals surface area contributed by atoms with Gasteiger partial charge in [-0.2, -0.15) is 0 Å². The van der Waals surface area contributed by atoms with Crippen molar-refractivity contribution in [2.24, 2.45) is 0 Å². The largest absolute Gasteiger partial charge is 0.476 e. The first-order valence-corrected chi connectivity index (χ1v) is 5.18. The van der Waals surface area contributed by atoms with Crippen molar-refractivity contribution < 1.29 is 9.90 Å². The van der Waals surface area contributed by atoms with Crippen molar-refractivity contribution in [2.75, 3.05) is 11.9 Å². The Balaban J connectivity index is 3.02. The molecule has 4 nitrogen and oxygen atoms in total. The number of hydrogen-bond acceptors (Lipinski definition) is 4. The molecule has 0 aliphatic carbocycles. The lowest BCUT2D eigenvalue weighted by Crippen LogP contribution is -2.25. The molecule has 0 radical (unpaired) electrons. The van der Waals surface area contributed by atoms with Crippen LogP contribution in [0.15, 0.2) is 0 Å². The number of carboxylic acids is 1. The van der Waals surface area contributed by atoms with Gasteiger partial charge in [-0.05, 0) is 20.8 Å². The fourth-order valence-electron chi connectivity index (χ4n) is 0.953. The van der Waals surface area contributed by atoms with Gasteiger partial charge in [0.2, 0.25) is 0 Å². The first-order valence-electron chi connectivity index (χ1n) is 4.37. The van der Waals surface area contributed by atoms with Crippen LogP contribution in [0.2, 0.25) is 0 Å². The first kappa shape index (κ1) is 11.0. The Labute approximate surface area is 87.2 Å². The Morgan fingerprint density at radius 2 is 2.14 bits per heavy atom. The number of aromatic carboxylic acids is 1. The minimum atomic E-state index is -0.956. The second kappa shape index (κ2) is 3.96. The zero-order chi connectivity index (χ0) is 10.9. The number of carbonyl (C=O) groups is 1. The predicted octanol–water partition coefficient (Wildman–Crippen LogP) is 1.99. The maximum atomic E-state index is 10.8. The summed E-state index contributed by atoms with van der Waals surface area (Å²) in [6, 6.07) is 0.321. The highest BCUT2D eigenvalue weighted by molar-refractivity contribution is 7.15. The molecular formula is C9H14N2O2S. The summed E-state index contributed by atoms with van der Waals surface area (Å²) in [5.41, 5.74) is 0.164. The average molecular weight is 214 g/mol. The summed E-state index contributed by atoms with van der Waals surface area (Å²) >= 11 is 1.41. The molecular weight excluding hydrogens is 200 g/mol. The van der Waals surface area contributed by atoms with Gasteiger partial charge in [0, 0.05) is 18.0 Å². The molecule has 1 aromatic rings. The van der Waals surface area contributed by atoms with Crippen LogP contribution in [-0.4, -0.2) is 29.1 Å². The lowest BCUT2D eigenvalue weighted by atomic mass is 10.4. The Kier molecular flexibility index (Phi) is 3.10. The Morgan fingerprint density at radius 1 is 1.57 bits per heavy atom. The van der Waals surface area contributed by atoms with Crippen molar-refractivity contribution in [1.82, 2.24) is 4.98 Å². The molecule has 1 heterocycles. The third kappa shape index (κ3) is 2.04. The van der Waals surface area contributed by atoms with E-state index < -0.39 is 5.97 Å². The van der Waals surface area contributed by atoms with E-state index in [0.717, 1.165) is 10.0 Å². The van der Waals surface area contributed by atoms with E-state index in [1.54, 1.807) is 6.92 Å². The van der Waals surface area contributed by atoms with Gasteiger partial charge in [-0.3, -0.25) is 0 Å². The molecule has 0 unspecified atom stereocenters. The average Bonchev–Trinajstić information content (AvgIpc) is 2.45. The van der Waals surface area contributed by atoms with Crippen molar-refractivity contribution in [3.63, 3.8) is 0 Å². The molecule has 1 aromatic heterocycles. The van der Waals surface area contributed by atoms with Crippen LogP contribution in [0.5, 0.6) is 0 Å². The Hall–Kier alpha value is -1.10. The van der Waals surface area contributed by atoms with E-state index in [2.05, 4.69) is 4.98 Å². The van der Waals surface area contributed by atoms with E-state index in [1.165, 1.54) is 11.3 Å². The van der Waals surface area contributed by atoms with Crippen molar-refractivity contribution in [2.45, 2.75) is 26.8 Å². The highest BCUT2D eigenvalue weighted by Gasteiger charge is 2.17. The monoisotopic (exact) mass is 214 g/mol. The Bertz CT molecular complexity index is 347. The zero-order valence-electron chi connectivity index (χ0n) is 8.74. The van der Waals surface area contributed by atoms with E-state index in [1.807, 2.05) is 25.8 Å². The number of nitrogens with zero attached hydrogens (tertiary/aromatic N) is 2. The van der Waals surface area contributed by atoms with E-state index in [9.17, 15) is 4.79 Å². The lowest BCUT2D eigenvalue weighted by Gasteiger charge is -2.19. The lowest BCUT2D eigenvalue weighted by molar-refractivity contribution is 0.0690. The summed E-state index contributed by atoms with van der Waals surface area (Å²) in [6.07, 6.45) is 0. The number of thiazole rings is 1. The molecule has 0 aromatic carbocycles. The topological polar surface area (TPSA) is 53.4 Å². The van der Waals surface area contributed by atoms with Gasteiger partial charge in [0.15, 0.2) is 10.8 Å². The summed E-state index contributed by atoms with van der Waals surface area (Å²) in [7, 11) is 1.91. The third-order valence-corrected chi connectivity index (χ3v) is 3.13. The second-order valence-electron chi connectivity index (χ2n) is 3.41. The maximum absolute atomic E-state index is 10.8. The maximum Gasteiger partial charge on any atom is 0.355 e. The molecule has 1 rings (SSSR count). The molecule has 0 spiro atoms. The fraction of sp³-hybridized carbons (Fsp3) is 0.556. The van der Waals surface area contributed by atoms with E-state index >= 15 is 0 Å². The number of aryl methyl sites for hydroxylation is 1. The van der Waals surface area contributed by atoms with Crippen LogP contribution in [-0.2, 0) is 0 Å². The Morgan fingerprint density at radius 3 is 2.50 bits per heavy atom. The van der Waals surface area contributed by atoms with Crippen LogP contribution in [0, 0.1) is 6.92 Å². The fourth-order valence-corrected chi connectivity index (χ4v) is 1.95. The van der Waals surface area contributed by atoms with Crippen LogP contribution in [0.3, 0.4) is 0 Å². The number of aromatic nitrogens is 1. The van der Waals surface area contributed by atoms with Crippen LogP contribution in [0.4, 0.5) is 5.13 Å². The number of anilines is 1. The normalized spacial score (nSPS) is 10.6. The van der Waals surface area contributed by atoms with Gasteiger partial charge in [0.1, 0.15) is 0 Å².